The van der Waals surface area contributed by atoms with Gasteiger partial charge in [-0.2, -0.15) is 0 Å². The van der Waals surface area contributed by atoms with Gasteiger partial charge >= 0.3 is 0 Å². The fourth-order valence-electron chi connectivity index (χ4n) is 2.54. The van der Waals surface area contributed by atoms with Crippen molar-refractivity contribution in [3.8, 4) is 0 Å². The lowest BCUT2D eigenvalue weighted by molar-refractivity contribution is -0.114. The van der Waals surface area contributed by atoms with Crippen LogP contribution in [0.15, 0.2) is 46.9 Å². The van der Waals surface area contributed by atoms with Gasteiger partial charge in [0.15, 0.2) is 0 Å². The fourth-order valence-corrected chi connectivity index (χ4v) is 3.78. The van der Waals surface area contributed by atoms with E-state index < -0.39 is 10.0 Å². The highest BCUT2D eigenvalue weighted by Gasteiger charge is 2.21. The average Bonchev–Trinajstić information content (AvgIpc) is 2.53. The Morgan fingerprint density at radius 2 is 1.88 bits per heavy atom. The Bertz CT molecular complexity index is 882. The largest absolute Gasteiger partial charge is 0.324 e. The molecular weight excluding hydrogens is 404 g/mol. The minimum atomic E-state index is -3.60. The van der Waals surface area contributed by atoms with Crippen LogP contribution in [-0.2, 0) is 21.2 Å². The van der Waals surface area contributed by atoms with Gasteiger partial charge < -0.3 is 5.32 Å². The summed E-state index contributed by atoms with van der Waals surface area (Å²) < 4.78 is 26.1. The first-order valence-corrected chi connectivity index (χ1v) is 10.5. The quantitative estimate of drug-likeness (QED) is 0.767. The summed E-state index contributed by atoms with van der Waals surface area (Å²) in [7, 11) is -3.60. The van der Waals surface area contributed by atoms with E-state index in [1.165, 1.54) is 0 Å². The second kappa shape index (κ2) is 8.01. The molecule has 0 aromatic heterocycles. The number of nitrogens with one attached hydrogen (secondary N) is 1. The molecule has 0 spiro atoms. The maximum atomic E-state index is 12.5. The molecule has 0 heterocycles. The highest BCUT2D eigenvalue weighted by atomic mass is 79.9. The Morgan fingerprint density at radius 3 is 2.48 bits per heavy atom. The first kappa shape index (κ1) is 19.5. The second-order valence-corrected chi connectivity index (χ2v) is 8.58. The molecule has 7 heteroatoms. The number of carbonyl (C=O) groups is 1. The van der Waals surface area contributed by atoms with Crippen molar-refractivity contribution in [1.82, 2.24) is 0 Å². The lowest BCUT2D eigenvalue weighted by Gasteiger charge is -2.22. The first-order chi connectivity index (χ1) is 11.7. The fraction of sp³-hybridized carbons (Fsp3) is 0.278. The summed E-state index contributed by atoms with van der Waals surface area (Å²) in [6.07, 6.45) is 1.87. The minimum absolute atomic E-state index is 0.285. The van der Waals surface area contributed by atoms with Crippen LogP contribution in [-0.4, -0.2) is 27.1 Å². The molecule has 2 rings (SSSR count). The molecule has 0 aliphatic rings. The average molecular weight is 425 g/mol. The molecule has 0 saturated carbocycles. The summed E-state index contributed by atoms with van der Waals surface area (Å²) in [5.41, 5.74) is 3.15. The zero-order valence-corrected chi connectivity index (χ0v) is 16.8. The van der Waals surface area contributed by atoms with Crippen molar-refractivity contribution in [2.24, 2.45) is 0 Å². The molecule has 134 valence electrons. The van der Waals surface area contributed by atoms with Crippen LogP contribution in [0.3, 0.4) is 0 Å². The van der Waals surface area contributed by atoms with Crippen molar-refractivity contribution in [3.05, 3.63) is 58.1 Å². The summed E-state index contributed by atoms with van der Waals surface area (Å²) in [6.45, 7) is 3.64. The Balaban J connectivity index is 2.27. The monoisotopic (exact) mass is 424 g/mol. The third-order valence-corrected chi connectivity index (χ3v) is 5.42. The molecule has 1 amide bonds. The van der Waals surface area contributed by atoms with Crippen molar-refractivity contribution in [2.45, 2.75) is 20.3 Å². The highest BCUT2D eigenvalue weighted by molar-refractivity contribution is 9.10. The van der Waals surface area contributed by atoms with Gasteiger partial charge in [0.1, 0.15) is 6.54 Å². The molecule has 5 nitrogen and oxygen atoms in total. The SMILES string of the molecule is CCc1cccc(C)c1NC(=O)CN(c1cccc(Br)c1)S(C)(=O)=O. The number of hydrogen-bond acceptors (Lipinski definition) is 3. The summed E-state index contributed by atoms with van der Waals surface area (Å²) >= 11 is 3.32. The van der Waals surface area contributed by atoms with Crippen LogP contribution in [0.5, 0.6) is 0 Å². The number of anilines is 2. The summed E-state index contributed by atoms with van der Waals surface area (Å²) in [6, 6.07) is 12.7. The summed E-state index contributed by atoms with van der Waals surface area (Å²) in [5, 5.41) is 2.86. The maximum absolute atomic E-state index is 12.5. The summed E-state index contributed by atoms with van der Waals surface area (Å²) in [4.78, 5) is 12.5. The van der Waals surface area contributed by atoms with Gasteiger partial charge in [0, 0.05) is 10.2 Å². The molecule has 2 aromatic rings. The van der Waals surface area contributed by atoms with E-state index in [1.807, 2.05) is 32.0 Å². The number of nitrogens with zero attached hydrogens (tertiary/aromatic N) is 1. The van der Waals surface area contributed by atoms with Crippen molar-refractivity contribution < 1.29 is 13.2 Å². The maximum Gasteiger partial charge on any atom is 0.245 e. The van der Waals surface area contributed by atoms with E-state index in [2.05, 4.69) is 21.2 Å². The zero-order valence-electron chi connectivity index (χ0n) is 14.4. The van der Waals surface area contributed by atoms with Crippen LogP contribution >= 0.6 is 15.9 Å². The molecular formula is C18H21BrN2O3S. The number of sulfonamides is 1. The molecule has 0 aliphatic heterocycles. The van der Waals surface area contributed by atoms with Crippen LogP contribution in [0.1, 0.15) is 18.1 Å². The second-order valence-electron chi connectivity index (χ2n) is 5.76. The number of aryl methyl sites for hydroxylation is 2. The molecule has 0 fully saturated rings. The Hall–Kier alpha value is -1.86. The van der Waals surface area contributed by atoms with E-state index in [1.54, 1.807) is 24.3 Å². The van der Waals surface area contributed by atoms with E-state index in [9.17, 15) is 13.2 Å². The van der Waals surface area contributed by atoms with E-state index in [0.717, 1.165) is 38.3 Å². The Kier molecular flexibility index (Phi) is 6.24. The number of para-hydroxylation sites is 1. The first-order valence-electron chi connectivity index (χ1n) is 7.84. The molecule has 0 radical (unpaired) electrons. The van der Waals surface area contributed by atoms with Crippen LogP contribution in [0, 0.1) is 6.92 Å². The van der Waals surface area contributed by atoms with Crippen molar-refractivity contribution in [1.29, 1.82) is 0 Å². The molecule has 0 bridgehead atoms. The number of hydrogen-bond donors (Lipinski definition) is 1. The van der Waals surface area contributed by atoms with Crippen molar-refractivity contribution in [3.63, 3.8) is 0 Å². The lowest BCUT2D eigenvalue weighted by atomic mass is 10.1. The predicted octanol–water partition coefficient (Wildman–Crippen LogP) is 3.72. The molecule has 25 heavy (non-hydrogen) atoms. The number of carbonyl (C=O) groups excluding carboxylic acids is 1. The third kappa shape index (κ3) is 5.06. The van der Waals surface area contributed by atoms with Gasteiger partial charge in [0.2, 0.25) is 15.9 Å². The van der Waals surface area contributed by atoms with E-state index >= 15 is 0 Å². The van der Waals surface area contributed by atoms with Gasteiger partial charge in [-0.05, 0) is 42.7 Å². The lowest BCUT2D eigenvalue weighted by Crippen LogP contribution is -2.37. The van der Waals surface area contributed by atoms with Crippen LogP contribution < -0.4 is 9.62 Å². The molecule has 0 unspecified atom stereocenters. The van der Waals surface area contributed by atoms with Gasteiger partial charge in [-0.15, -0.1) is 0 Å². The Morgan fingerprint density at radius 1 is 1.20 bits per heavy atom. The van der Waals surface area contributed by atoms with Gasteiger partial charge in [0.25, 0.3) is 0 Å². The molecule has 0 saturated heterocycles. The Labute approximate surface area is 157 Å². The predicted molar refractivity (Wildman–Crippen MR) is 106 cm³/mol. The highest BCUT2D eigenvalue weighted by Crippen LogP contribution is 2.24. The van der Waals surface area contributed by atoms with E-state index in [-0.39, 0.29) is 12.5 Å². The van der Waals surface area contributed by atoms with Gasteiger partial charge in [-0.25, -0.2) is 8.42 Å². The summed E-state index contributed by atoms with van der Waals surface area (Å²) in [5.74, 6) is -0.380. The molecule has 2 aromatic carbocycles. The molecule has 1 N–H and O–H groups in total. The van der Waals surface area contributed by atoms with Gasteiger partial charge in [-0.1, -0.05) is 47.1 Å². The molecule has 0 aliphatic carbocycles. The van der Waals surface area contributed by atoms with Gasteiger partial charge in [0.05, 0.1) is 11.9 Å². The van der Waals surface area contributed by atoms with Gasteiger partial charge in [-0.3, -0.25) is 9.10 Å². The molecule has 0 atom stereocenters. The zero-order chi connectivity index (χ0) is 18.6. The number of amides is 1. The minimum Gasteiger partial charge on any atom is -0.324 e. The topological polar surface area (TPSA) is 66.5 Å². The third-order valence-electron chi connectivity index (χ3n) is 3.79. The van der Waals surface area contributed by atoms with Crippen molar-refractivity contribution in [2.75, 3.05) is 22.4 Å². The van der Waals surface area contributed by atoms with Crippen molar-refractivity contribution >= 4 is 43.2 Å². The smallest absolute Gasteiger partial charge is 0.245 e. The van der Waals surface area contributed by atoms with E-state index in [0.29, 0.717) is 5.69 Å². The number of rotatable bonds is 6. The number of benzene rings is 2. The van der Waals surface area contributed by atoms with E-state index in [4.69, 9.17) is 0 Å². The van der Waals surface area contributed by atoms with Crippen LogP contribution in [0.25, 0.3) is 0 Å². The van der Waals surface area contributed by atoms with Crippen LogP contribution in [0.2, 0.25) is 0 Å². The normalized spacial score (nSPS) is 11.2. The number of halogens is 1. The standard InChI is InChI=1S/C18H21BrN2O3S/c1-4-14-8-5-7-13(2)18(14)20-17(22)12-21(25(3,23)24)16-10-6-9-15(19)11-16/h5-11H,4,12H2,1-3H3,(H,20,22). The van der Waals surface area contributed by atoms with Crippen LogP contribution in [0.4, 0.5) is 11.4 Å².